The summed E-state index contributed by atoms with van der Waals surface area (Å²) in [6.45, 7) is 0. The van der Waals surface area contributed by atoms with Crippen LogP contribution in [0.4, 0.5) is 17.1 Å². The van der Waals surface area contributed by atoms with Crippen molar-refractivity contribution in [2.45, 2.75) is 0 Å². The Morgan fingerprint density at radius 1 is 0.333 bits per heavy atom. The fraction of sp³-hybridized carbons (Fsp3) is 0. The molecule has 0 amide bonds. The van der Waals surface area contributed by atoms with Crippen molar-refractivity contribution in [1.82, 2.24) is 4.57 Å². The summed E-state index contributed by atoms with van der Waals surface area (Å²) >= 11 is 0. The molecule has 2 aromatic heterocycles. The molecule has 2 heterocycles. The maximum Gasteiger partial charge on any atom is 0.136 e. The lowest BCUT2D eigenvalue weighted by Crippen LogP contribution is -2.12. The van der Waals surface area contributed by atoms with Crippen LogP contribution in [0, 0.1) is 0 Å². The number of benzene rings is 10. The first-order valence-corrected chi connectivity index (χ1v) is 19.5. The number of aromatic nitrogens is 1. The zero-order valence-electron chi connectivity index (χ0n) is 30.9. The molecular formula is C54H34N2O. The van der Waals surface area contributed by atoms with E-state index in [1.165, 1.54) is 54.1 Å². The van der Waals surface area contributed by atoms with Crippen LogP contribution in [0.1, 0.15) is 0 Å². The number of hydrogen-bond donors (Lipinski definition) is 0. The second-order valence-corrected chi connectivity index (χ2v) is 14.9. The first-order chi connectivity index (χ1) is 28.3. The number of furan rings is 1. The third-order valence-corrected chi connectivity index (χ3v) is 11.7. The third-order valence-electron chi connectivity index (χ3n) is 11.7. The van der Waals surface area contributed by atoms with Gasteiger partial charge < -0.3 is 13.9 Å². The van der Waals surface area contributed by atoms with Gasteiger partial charge in [-0.2, -0.15) is 0 Å². The fourth-order valence-electron chi connectivity index (χ4n) is 9.24. The molecule has 0 N–H and O–H groups in total. The molecule has 3 nitrogen and oxygen atoms in total. The molecule has 0 aliphatic heterocycles. The van der Waals surface area contributed by atoms with Gasteiger partial charge in [0.1, 0.15) is 11.2 Å². The van der Waals surface area contributed by atoms with Gasteiger partial charge in [0.15, 0.2) is 0 Å². The molecule has 0 fully saturated rings. The first kappa shape index (κ1) is 31.7. The fourth-order valence-corrected chi connectivity index (χ4v) is 9.24. The molecule has 0 radical (unpaired) electrons. The zero-order chi connectivity index (χ0) is 37.5. The smallest absolute Gasteiger partial charge is 0.136 e. The van der Waals surface area contributed by atoms with Crippen LogP contribution in [-0.2, 0) is 0 Å². The van der Waals surface area contributed by atoms with Gasteiger partial charge in [-0.1, -0.05) is 140 Å². The van der Waals surface area contributed by atoms with E-state index in [4.69, 9.17) is 4.42 Å². The van der Waals surface area contributed by atoms with Crippen LogP contribution in [-0.4, -0.2) is 4.57 Å². The van der Waals surface area contributed by atoms with Gasteiger partial charge in [0.25, 0.3) is 0 Å². The van der Waals surface area contributed by atoms with Crippen LogP contribution in [0.15, 0.2) is 211 Å². The van der Waals surface area contributed by atoms with Gasteiger partial charge in [-0.05, 0) is 105 Å². The van der Waals surface area contributed by atoms with Crippen LogP contribution >= 0.6 is 0 Å². The van der Waals surface area contributed by atoms with Crippen molar-refractivity contribution >= 4 is 93.1 Å². The zero-order valence-corrected chi connectivity index (χ0v) is 30.9. The molecule has 0 bridgehead atoms. The van der Waals surface area contributed by atoms with Gasteiger partial charge in [-0.25, -0.2) is 0 Å². The molecule has 10 aromatic carbocycles. The molecule has 266 valence electrons. The summed E-state index contributed by atoms with van der Waals surface area (Å²) in [7, 11) is 0. The van der Waals surface area contributed by atoms with Gasteiger partial charge in [-0.3, -0.25) is 0 Å². The summed E-state index contributed by atoms with van der Waals surface area (Å²) in [4.78, 5) is 2.43. The van der Waals surface area contributed by atoms with Crippen LogP contribution in [0.2, 0.25) is 0 Å². The Labute approximate surface area is 328 Å². The molecule has 12 aromatic rings. The average molecular weight is 727 g/mol. The molecule has 12 rings (SSSR count). The Hall–Kier alpha value is -7.62. The molecule has 0 unspecified atom stereocenters. The Balaban J connectivity index is 1.12. The first-order valence-electron chi connectivity index (χ1n) is 19.5. The summed E-state index contributed by atoms with van der Waals surface area (Å²) < 4.78 is 8.82. The Morgan fingerprint density at radius 2 is 0.860 bits per heavy atom. The van der Waals surface area contributed by atoms with Crippen LogP contribution < -0.4 is 4.90 Å². The van der Waals surface area contributed by atoms with Crippen molar-refractivity contribution in [3.05, 3.63) is 206 Å². The summed E-state index contributed by atoms with van der Waals surface area (Å²) in [6.07, 6.45) is 0. The van der Waals surface area contributed by atoms with Gasteiger partial charge in [0.2, 0.25) is 0 Å². The highest BCUT2D eigenvalue weighted by molar-refractivity contribution is 6.26. The van der Waals surface area contributed by atoms with Crippen molar-refractivity contribution < 1.29 is 4.42 Å². The predicted molar refractivity (Wildman–Crippen MR) is 241 cm³/mol. The van der Waals surface area contributed by atoms with E-state index in [1.807, 2.05) is 12.1 Å². The van der Waals surface area contributed by atoms with Crippen LogP contribution in [0.25, 0.3) is 92.9 Å². The van der Waals surface area contributed by atoms with Gasteiger partial charge >= 0.3 is 0 Å². The molecule has 0 saturated carbocycles. The molecule has 0 aliphatic rings. The Bertz CT molecular complexity index is 3460. The SMILES string of the molecule is c1cc(N(c2ccc3c4ccccc4c4ccccc4c3c2)c2ccccc2-c2ccc3c(c2)oc2ccccc23)cc(-n2c3ccccc3c3ccccc32)c1. The average Bonchev–Trinajstić information content (AvgIpc) is 3.82. The lowest BCUT2D eigenvalue weighted by Gasteiger charge is -2.29. The minimum atomic E-state index is 0.882. The quantitative estimate of drug-likeness (QED) is 0.165. The molecule has 57 heavy (non-hydrogen) atoms. The van der Waals surface area contributed by atoms with E-state index in [0.717, 1.165) is 55.8 Å². The number of nitrogens with zero attached hydrogens (tertiary/aromatic N) is 2. The molecule has 0 spiro atoms. The minimum absolute atomic E-state index is 0.882. The van der Waals surface area contributed by atoms with Gasteiger partial charge in [0, 0.05) is 44.2 Å². The van der Waals surface area contributed by atoms with E-state index in [0.29, 0.717) is 0 Å². The highest BCUT2D eigenvalue weighted by atomic mass is 16.3. The maximum atomic E-state index is 6.42. The van der Waals surface area contributed by atoms with Crippen molar-refractivity contribution in [1.29, 1.82) is 0 Å². The second-order valence-electron chi connectivity index (χ2n) is 14.9. The second kappa shape index (κ2) is 12.5. The summed E-state index contributed by atoms with van der Waals surface area (Å²) in [5.41, 5.74) is 10.7. The summed E-state index contributed by atoms with van der Waals surface area (Å²) in [6, 6.07) is 74.6. The van der Waals surface area contributed by atoms with Crippen molar-refractivity contribution in [2.24, 2.45) is 0 Å². The van der Waals surface area contributed by atoms with E-state index in [1.54, 1.807) is 0 Å². The lowest BCUT2D eigenvalue weighted by molar-refractivity contribution is 0.669. The van der Waals surface area contributed by atoms with E-state index in [9.17, 15) is 0 Å². The molecule has 0 atom stereocenters. The maximum absolute atomic E-state index is 6.42. The standard InChI is InChI=1S/C54H34N2O/c1-2-19-42-40(17-1)41-18-3-4-20-43(41)49-34-38(29-31-44(42)49)55(36-14-13-15-37(33-36)56-51-25-10-6-21-45(51)46-22-7-11-26-52(46)56)50-24-9-5-16-39(50)35-28-30-48-47-23-8-12-27-53(47)57-54(48)32-35/h1-34H. The topological polar surface area (TPSA) is 21.3 Å². The predicted octanol–water partition coefficient (Wildman–Crippen LogP) is 15.3. The monoisotopic (exact) mass is 726 g/mol. The van der Waals surface area contributed by atoms with E-state index in [2.05, 4.69) is 204 Å². The highest BCUT2D eigenvalue weighted by Crippen LogP contribution is 2.45. The summed E-state index contributed by atoms with van der Waals surface area (Å²) in [5, 5.41) is 12.3. The highest BCUT2D eigenvalue weighted by Gasteiger charge is 2.21. The van der Waals surface area contributed by atoms with E-state index < -0.39 is 0 Å². The van der Waals surface area contributed by atoms with Gasteiger partial charge in [-0.15, -0.1) is 0 Å². The molecular weight excluding hydrogens is 693 g/mol. The number of anilines is 3. The van der Waals surface area contributed by atoms with Crippen molar-refractivity contribution in [2.75, 3.05) is 4.90 Å². The normalized spacial score (nSPS) is 11.9. The van der Waals surface area contributed by atoms with Crippen molar-refractivity contribution in [3.8, 4) is 16.8 Å². The molecule has 0 saturated heterocycles. The van der Waals surface area contributed by atoms with Gasteiger partial charge in [0.05, 0.1) is 16.7 Å². The number of para-hydroxylation sites is 4. The number of fused-ring (bicyclic) bond motifs is 12. The molecule has 3 heteroatoms. The van der Waals surface area contributed by atoms with Crippen LogP contribution in [0.5, 0.6) is 0 Å². The lowest BCUT2D eigenvalue weighted by atomic mass is 9.93. The molecule has 0 aliphatic carbocycles. The Morgan fingerprint density at radius 3 is 1.58 bits per heavy atom. The third kappa shape index (κ3) is 4.86. The van der Waals surface area contributed by atoms with Crippen LogP contribution in [0.3, 0.4) is 0 Å². The minimum Gasteiger partial charge on any atom is -0.456 e. The number of hydrogen-bond acceptors (Lipinski definition) is 2. The number of rotatable bonds is 5. The summed E-state index contributed by atoms with van der Waals surface area (Å²) in [5.74, 6) is 0. The Kier molecular flexibility index (Phi) is 6.93. The van der Waals surface area contributed by atoms with Crippen molar-refractivity contribution in [3.63, 3.8) is 0 Å². The van der Waals surface area contributed by atoms with E-state index >= 15 is 0 Å². The van der Waals surface area contributed by atoms with E-state index in [-0.39, 0.29) is 0 Å². The largest absolute Gasteiger partial charge is 0.456 e.